The van der Waals surface area contributed by atoms with Crippen molar-refractivity contribution in [1.82, 2.24) is 9.55 Å². The lowest BCUT2D eigenvalue weighted by Crippen LogP contribution is -2.24. The smallest absolute Gasteiger partial charge is 0.262 e. The van der Waals surface area contributed by atoms with Gasteiger partial charge in [-0.1, -0.05) is 31.5 Å². The molecule has 4 nitrogen and oxygen atoms in total. The summed E-state index contributed by atoms with van der Waals surface area (Å²) < 4.78 is 1.65. The van der Waals surface area contributed by atoms with Gasteiger partial charge in [0.05, 0.1) is 11.3 Å². The summed E-state index contributed by atoms with van der Waals surface area (Å²) in [6.45, 7) is 2.07. The molecule has 0 aliphatic carbocycles. The van der Waals surface area contributed by atoms with Crippen molar-refractivity contribution in [3.8, 4) is 22.7 Å². The van der Waals surface area contributed by atoms with Crippen LogP contribution in [0.25, 0.3) is 16.9 Å². The van der Waals surface area contributed by atoms with Crippen molar-refractivity contribution < 1.29 is 5.11 Å². The van der Waals surface area contributed by atoms with Crippen molar-refractivity contribution in [3.05, 3.63) is 76.8 Å². The van der Waals surface area contributed by atoms with Gasteiger partial charge in [-0.15, -0.1) is 0 Å². The highest BCUT2D eigenvalue weighted by molar-refractivity contribution is 5.64. The van der Waals surface area contributed by atoms with Crippen LogP contribution >= 0.6 is 0 Å². The van der Waals surface area contributed by atoms with Crippen LogP contribution in [0, 0.1) is 0 Å². The fourth-order valence-electron chi connectivity index (χ4n) is 2.78. The monoisotopic (exact) mass is 320 g/mol. The first-order valence-corrected chi connectivity index (χ1v) is 8.16. The van der Waals surface area contributed by atoms with Gasteiger partial charge in [0, 0.05) is 29.7 Å². The Morgan fingerprint density at radius 3 is 2.58 bits per heavy atom. The SMILES string of the molecule is CCCCc1c(O)cc(-c2cccnc2)n(-c2ccccc2)c1=O. The Kier molecular flexibility index (Phi) is 4.75. The van der Waals surface area contributed by atoms with Gasteiger partial charge in [0.1, 0.15) is 5.75 Å². The van der Waals surface area contributed by atoms with E-state index >= 15 is 0 Å². The molecule has 24 heavy (non-hydrogen) atoms. The molecule has 0 spiro atoms. The molecule has 0 aliphatic heterocycles. The number of pyridine rings is 2. The molecule has 122 valence electrons. The Balaban J connectivity index is 2.28. The fraction of sp³-hybridized carbons (Fsp3) is 0.200. The van der Waals surface area contributed by atoms with Crippen molar-refractivity contribution in [2.45, 2.75) is 26.2 Å². The Labute approximate surface area is 141 Å². The first-order chi connectivity index (χ1) is 11.7. The second-order valence-electron chi connectivity index (χ2n) is 5.71. The summed E-state index contributed by atoms with van der Waals surface area (Å²) in [5.41, 5.74) is 2.49. The molecule has 0 fully saturated rings. The number of hydrogen-bond acceptors (Lipinski definition) is 3. The maximum Gasteiger partial charge on any atom is 0.262 e. The van der Waals surface area contributed by atoms with Gasteiger partial charge in [-0.25, -0.2) is 0 Å². The van der Waals surface area contributed by atoms with E-state index in [1.807, 2.05) is 42.5 Å². The van der Waals surface area contributed by atoms with E-state index in [0.29, 0.717) is 17.7 Å². The standard InChI is InChI=1S/C20H20N2O2/c1-2-3-11-17-19(23)13-18(15-8-7-12-21-14-15)22(20(17)24)16-9-5-4-6-10-16/h4-10,12-14,23H,2-3,11H2,1H3. The Hall–Kier alpha value is -2.88. The maximum absolute atomic E-state index is 13.1. The van der Waals surface area contributed by atoms with Gasteiger partial charge in [0.15, 0.2) is 0 Å². The van der Waals surface area contributed by atoms with Crippen molar-refractivity contribution >= 4 is 0 Å². The minimum absolute atomic E-state index is 0.0551. The quantitative estimate of drug-likeness (QED) is 0.774. The van der Waals surface area contributed by atoms with Crippen LogP contribution in [-0.2, 0) is 6.42 Å². The second-order valence-corrected chi connectivity index (χ2v) is 5.71. The number of unbranched alkanes of at least 4 members (excludes halogenated alkanes) is 1. The largest absolute Gasteiger partial charge is 0.507 e. The highest BCUT2D eigenvalue weighted by Gasteiger charge is 2.16. The molecule has 0 atom stereocenters. The van der Waals surface area contributed by atoms with E-state index in [0.717, 1.165) is 24.1 Å². The molecule has 1 aromatic carbocycles. The number of aromatic hydroxyl groups is 1. The molecule has 0 bridgehead atoms. The number of benzene rings is 1. The van der Waals surface area contributed by atoms with Crippen molar-refractivity contribution in [3.63, 3.8) is 0 Å². The van der Waals surface area contributed by atoms with Gasteiger partial charge >= 0.3 is 0 Å². The highest BCUT2D eigenvalue weighted by atomic mass is 16.3. The summed E-state index contributed by atoms with van der Waals surface area (Å²) in [6, 6.07) is 14.8. The van der Waals surface area contributed by atoms with Gasteiger partial charge < -0.3 is 5.11 Å². The average Bonchev–Trinajstić information content (AvgIpc) is 2.62. The fourth-order valence-corrected chi connectivity index (χ4v) is 2.78. The molecular weight excluding hydrogens is 300 g/mol. The van der Waals surface area contributed by atoms with Gasteiger partial charge in [-0.05, 0) is 37.1 Å². The molecular formula is C20H20N2O2. The van der Waals surface area contributed by atoms with Crippen LogP contribution in [0.3, 0.4) is 0 Å². The third kappa shape index (κ3) is 3.08. The van der Waals surface area contributed by atoms with Gasteiger partial charge in [-0.2, -0.15) is 0 Å². The first-order valence-electron chi connectivity index (χ1n) is 8.16. The van der Waals surface area contributed by atoms with Crippen LogP contribution in [-0.4, -0.2) is 14.7 Å². The molecule has 0 unspecified atom stereocenters. The molecule has 3 aromatic rings. The van der Waals surface area contributed by atoms with Crippen molar-refractivity contribution in [2.24, 2.45) is 0 Å². The van der Waals surface area contributed by atoms with Crippen LogP contribution in [0.1, 0.15) is 25.3 Å². The molecule has 0 saturated carbocycles. The molecule has 0 amide bonds. The van der Waals surface area contributed by atoms with E-state index in [1.54, 1.807) is 23.0 Å². The molecule has 1 N–H and O–H groups in total. The lowest BCUT2D eigenvalue weighted by atomic mass is 10.1. The van der Waals surface area contributed by atoms with Crippen LogP contribution < -0.4 is 5.56 Å². The maximum atomic E-state index is 13.1. The molecule has 2 aromatic heterocycles. The predicted molar refractivity (Wildman–Crippen MR) is 95.5 cm³/mol. The van der Waals surface area contributed by atoms with E-state index in [1.165, 1.54) is 0 Å². The molecule has 3 rings (SSSR count). The zero-order valence-electron chi connectivity index (χ0n) is 13.6. The zero-order chi connectivity index (χ0) is 16.9. The summed E-state index contributed by atoms with van der Waals surface area (Å²) in [6.07, 6.45) is 5.78. The summed E-state index contributed by atoms with van der Waals surface area (Å²) in [5, 5.41) is 10.4. The summed E-state index contributed by atoms with van der Waals surface area (Å²) in [7, 11) is 0. The second kappa shape index (κ2) is 7.13. The Morgan fingerprint density at radius 1 is 1.12 bits per heavy atom. The predicted octanol–water partition coefficient (Wildman–Crippen LogP) is 3.95. The minimum atomic E-state index is -0.173. The van der Waals surface area contributed by atoms with Gasteiger partial charge in [0.25, 0.3) is 5.56 Å². The van der Waals surface area contributed by atoms with Crippen LogP contribution in [0.5, 0.6) is 5.75 Å². The van der Waals surface area contributed by atoms with Crippen LogP contribution in [0.4, 0.5) is 0 Å². The minimum Gasteiger partial charge on any atom is -0.507 e. The molecule has 2 heterocycles. The Morgan fingerprint density at radius 2 is 1.92 bits per heavy atom. The van der Waals surface area contributed by atoms with E-state index in [4.69, 9.17) is 0 Å². The number of nitrogens with zero attached hydrogens (tertiary/aromatic N) is 2. The first kappa shape index (κ1) is 16.0. The summed E-state index contributed by atoms with van der Waals surface area (Å²) >= 11 is 0. The third-order valence-electron chi connectivity index (χ3n) is 4.04. The topological polar surface area (TPSA) is 55.1 Å². The number of hydrogen-bond donors (Lipinski definition) is 1. The number of rotatable bonds is 5. The van der Waals surface area contributed by atoms with Crippen LogP contribution in [0.2, 0.25) is 0 Å². The lowest BCUT2D eigenvalue weighted by molar-refractivity contribution is 0.464. The van der Waals surface area contributed by atoms with Crippen molar-refractivity contribution in [1.29, 1.82) is 0 Å². The van der Waals surface area contributed by atoms with E-state index in [2.05, 4.69) is 11.9 Å². The van der Waals surface area contributed by atoms with E-state index in [-0.39, 0.29) is 11.3 Å². The van der Waals surface area contributed by atoms with Crippen molar-refractivity contribution in [2.75, 3.05) is 0 Å². The molecule has 0 aliphatic rings. The number of aromatic nitrogens is 2. The molecule has 4 heteroatoms. The third-order valence-corrected chi connectivity index (χ3v) is 4.04. The van der Waals surface area contributed by atoms with Gasteiger partial charge in [-0.3, -0.25) is 14.3 Å². The lowest BCUT2D eigenvalue weighted by Gasteiger charge is -2.16. The zero-order valence-corrected chi connectivity index (χ0v) is 13.6. The van der Waals surface area contributed by atoms with Crippen LogP contribution in [0.15, 0.2) is 65.7 Å². The van der Waals surface area contributed by atoms with E-state index < -0.39 is 0 Å². The van der Waals surface area contributed by atoms with Gasteiger partial charge in [0.2, 0.25) is 0 Å². The molecule has 0 saturated heterocycles. The number of para-hydroxylation sites is 1. The summed E-state index contributed by atoms with van der Waals surface area (Å²) in [5.74, 6) is 0.0551. The average molecular weight is 320 g/mol. The Bertz CT molecular complexity index is 871. The summed E-state index contributed by atoms with van der Waals surface area (Å²) in [4.78, 5) is 17.2. The highest BCUT2D eigenvalue weighted by Crippen LogP contribution is 2.27. The normalized spacial score (nSPS) is 10.7. The molecule has 0 radical (unpaired) electrons. The van der Waals surface area contributed by atoms with E-state index in [9.17, 15) is 9.90 Å².